The molecule has 0 aromatic heterocycles. The van der Waals surface area contributed by atoms with Gasteiger partial charge in [0.1, 0.15) is 11.8 Å². The van der Waals surface area contributed by atoms with Crippen LogP contribution in [0.15, 0.2) is 10.6 Å². The van der Waals surface area contributed by atoms with Gasteiger partial charge < -0.3 is 25.3 Å². The van der Waals surface area contributed by atoms with Gasteiger partial charge in [0.25, 0.3) is 0 Å². The Morgan fingerprint density at radius 2 is 1.88 bits per heavy atom. The van der Waals surface area contributed by atoms with Crippen LogP contribution in [0.4, 0.5) is 0 Å². The Balaban J connectivity index is 1.71. The van der Waals surface area contributed by atoms with Crippen molar-refractivity contribution in [2.75, 3.05) is 20.6 Å². The number of rotatable bonds is 10. The lowest BCUT2D eigenvalue weighted by atomic mass is 9.73. The molecule has 190 valence electrons. The largest absolute Gasteiger partial charge is 0.477 e. The number of Topliss-reactive ketones (excluding diaryl/α,β-unsaturated/α-hetero) is 1. The van der Waals surface area contributed by atoms with Gasteiger partial charge in [-0.05, 0) is 24.7 Å². The maximum atomic E-state index is 13.1. The maximum Gasteiger partial charge on any atom is 0.353 e. The van der Waals surface area contributed by atoms with Gasteiger partial charge in [-0.2, -0.15) is 0 Å². The molecule has 0 aliphatic carbocycles. The van der Waals surface area contributed by atoms with Gasteiger partial charge in [0.05, 0.1) is 18.0 Å². The van der Waals surface area contributed by atoms with Crippen molar-refractivity contribution >= 4 is 35.3 Å². The summed E-state index contributed by atoms with van der Waals surface area (Å²) in [4.78, 5) is 53.6. The molecule has 3 heterocycles. The number of carbonyl (C=O) groups excluding carboxylic acids is 3. The van der Waals surface area contributed by atoms with Gasteiger partial charge in [-0.3, -0.25) is 14.4 Å². The van der Waals surface area contributed by atoms with Gasteiger partial charge in [0, 0.05) is 43.1 Å². The third-order valence-electron chi connectivity index (χ3n) is 7.12. The first kappa shape index (κ1) is 26.7. The van der Waals surface area contributed by atoms with Gasteiger partial charge in [-0.1, -0.05) is 27.7 Å². The first-order valence-electron chi connectivity index (χ1n) is 12.0. The first-order chi connectivity index (χ1) is 15.8. The van der Waals surface area contributed by atoms with Crippen molar-refractivity contribution in [2.24, 2.45) is 23.7 Å². The lowest BCUT2D eigenvalue weighted by Crippen LogP contribution is -2.62. The molecule has 3 N–H and O–H groups in total. The number of fused-ring (bicyclic) bond motifs is 1. The van der Waals surface area contributed by atoms with Gasteiger partial charge in [0.2, 0.25) is 11.8 Å². The second-order valence-corrected chi connectivity index (χ2v) is 11.8. The highest BCUT2D eigenvalue weighted by atomic mass is 32.2. The number of likely N-dealkylation sites (N-methyl/N-ethyl adjacent to an activating group) is 1. The highest BCUT2D eigenvalue weighted by Crippen LogP contribution is 2.53. The summed E-state index contributed by atoms with van der Waals surface area (Å²) in [6, 6.07) is -0.604. The molecule has 0 bridgehead atoms. The van der Waals surface area contributed by atoms with E-state index in [1.807, 2.05) is 27.7 Å². The number of nitrogens with one attached hydrogen (secondary N) is 1. The van der Waals surface area contributed by atoms with E-state index < -0.39 is 18.0 Å². The van der Waals surface area contributed by atoms with E-state index in [4.69, 9.17) is 0 Å². The maximum absolute atomic E-state index is 13.1. The van der Waals surface area contributed by atoms with E-state index in [0.29, 0.717) is 24.3 Å². The second kappa shape index (κ2) is 10.4. The number of β-lactam (4-membered cyclic amide) rings is 1. The highest BCUT2D eigenvalue weighted by Gasteiger charge is 2.60. The predicted molar refractivity (Wildman–Crippen MR) is 129 cm³/mol. The fourth-order valence-electron chi connectivity index (χ4n) is 5.40. The molecular formula is C24H37N3O6S. The smallest absolute Gasteiger partial charge is 0.353 e. The number of aliphatic hydroxyl groups is 1. The molecule has 0 radical (unpaired) electrons. The molecule has 3 aliphatic heterocycles. The lowest BCUT2D eigenvalue weighted by molar-refractivity contribution is -0.160. The summed E-state index contributed by atoms with van der Waals surface area (Å²) in [7, 11) is 3.41. The molecule has 7 atom stereocenters. The molecule has 0 saturated carbocycles. The van der Waals surface area contributed by atoms with Crippen molar-refractivity contribution < 1.29 is 29.4 Å². The zero-order valence-corrected chi connectivity index (χ0v) is 21.6. The fraction of sp³-hybridized carbons (Fsp3) is 0.750. The number of thioether (sulfide) groups is 1. The van der Waals surface area contributed by atoms with E-state index in [0.717, 1.165) is 0 Å². The molecule has 34 heavy (non-hydrogen) atoms. The van der Waals surface area contributed by atoms with Crippen LogP contribution in [-0.4, -0.2) is 87.7 Å². The standard InChI is InChI=1S/C24H37N3O6S/c1-11(2)7-16(28)17(29)8-12(3)18-19-13(4)21(20(24(32)33)27(19)23(18)31)34-14-9-15(25-10-14)22(30)26(5)6/h11-16,18-19,25,28H,7-10H2,1-6H3,(H,32,33)/t12-,13+,14-,15-,16-,18+,19+/m0/s1. The summed E-state index contributed by atoms with van der Waals surface area (Å²) < 4.78 is 0. The van der Waals surface area contributed by atoms with Crippen molar-refractivity contribution in [1.82, 2.24) is 15.1 Å². The molecule has 0 unspecified atom stereocenters. The number of carboxylic acid groups (broad SMARTS) is 1. The molecule has 3 rings (SSSR count). The molecule has 0 spiro atoms. The van der Waals surface area contributed by atoms with E-state index in [2.05, 4.69) is 5.32 Å². The van der Waals surface area contributed by atoms with Crippen molar-refractivity contribution in [3.05, 3.63) is 10.6 Å². The average molecular weight is 496 g/mol. The zero-order chi connectivity index (χ0) is 25.5. The minimum atomic E-state index is -1.13. The summed E-state index contributed by atoms with van der Waals surface area (Å²) in [6.45, 7) is 8.21. The highest BCUT2D eigenvalue weighted by molar-refractivity contribution is 8.03. The van der Waals surface area contributed by atoms with Gasteiger partial charge >= 0.3 is 5.97 Å². The third kappa shape index (κ3) is 5.04. The minimum Gasteiger partial charge on any atom is -0.477 e. The minimum absolute atomic E-state index is 0.00721. The number of aliphatic hydroxyl groups excluding tert-OH is 1. The quantitative estimate of drug-likeness (QED) is 0.387. The van der Waals surface area contributed by atoms with Crippen LogP contribution in [0.25, 0.3) is 0 Å². The Morgan fingerprint density at radius 1 is 1.24 bits per heavy atom. The number of hydrogen-bond donors (Lipinski definition) is 3. The molecule has 2 amide bonds. The number of amides is 2. The average Bonchev–Trinajstić information content (AvgIpc) is 3.29. The predicted octanol–water partition coefficient (Wildman–Crippen LogP) is 1.31. The van der Waals surface area contributed by atoms with Gasteiger partial charge in [0.15, 0.2) is 5.78 Å². The number of aliphatic carboxylic acids is 1. The van der Waals surface area contributed by atoms with Crippen molar-refractivity contribution in [3.63, 3.8) is 0 Å². The molecule has 2 saturated heterocycles. The summed E-state index contributed by atoms with van der Waals surface area (Å²) in [5.41, 5.74) is 0.0319. The number of carboxylic acids is 1. The Morgan fingerprint density at radius 3 is 2.44 bits per heavy atom. The van der Waals surface area contributed by atoms with Crippen LogP contribution in [0.3, 0.4) is 0 Å². The SMILES string of the molecule is CC(C)C[C@H](O)C(=O)C[C@H](C)[C@H]1C(=O)N2C(C(=O)O)=C(S[C@@H]3CN[C@H](C(=O)N(C)C)C3)[C@H](C)[C@H]12. The molecule has 0 aromatic rings. The molecule has 10 heteroatoms. The molecule has 9 nitrogen and oxygen atoms in total. The van der Waals surface area contributed by atoms with Gasteiger partial charge in [-0.15, -0.1) is 11.8 Å². The van der Waals surface area contributed by atoms with Crippen molar-refractivity contribution in [2.45, 2.75) is 70.4 Å². The fourth-order valence-corrected chi connectivity index (χ4v) is 6.88. The number of carbonyl (C=O) groups is 4. The summed E-state index contributed by atoms with van der Waals surface area (Å²) in [6.07, 6.45) is 0.0219. The second-order valence-electron chi connectivity index (χ2n) is 10.5. The Kier molecular flexibility index (Phi) is 8.14. The van der Waals surface area contributed by atoms with Crippen LogP contribution in [0.2, 0.25) is 0 Å². The Bertz CT molecular complexity index is 888. The third-order valence-corrected chi connectivity index (χ3v) is 8.63. The normalized spacial score (nSPS) is 30.3. The van der Waals surface area contributed by atoms with Crippen LogP contribution in [0.1, 0.15) is 47.0 Å². The number of ketones is 1. The topological polar surface area (TPSA) is 127 Å². The van der Waals surface area contributed by atoms with E-state index in [9.17, 15) is 29.4 Å². The Hall–Kier alpha value is -1.91. The molecule has 0 aromatic carbocycles. The van der Waals surface area contributed by atoms with Gasteiger partial charge in [-0.25, -0.2) is 4.79 Å². The summed E-state index contributed by atoms with van der Waals surface area (Å²) in [5.74, 6) is -2.42. The lowest BCUT2D eigenvalue weighted by Gasteiger charge is -2.47. The van der Waals surface area contributed by atoms with E-state index in [1.54, 1.807) is 19.0 Å². The monoisotopic (exact) mass is 495 g/mol. The molecule has 3 aliphatic rings. The first-order valence-corrected chi connectivity index (χ1v) is 12.9. The molecule has 2 fully saturated rings. The Labute approximate surface area is 205 Å². The van der Waals surface area contributed by atoms with E-state index in [1.165, 1.54) is 16.7 Å². The van der Waals surface area contributed by atoms with Crippen LogP contribution >= 0.6 is 11.8 Å². The number of nitrogens with zero attached hydrogens (tertiary/aromatic N) is 2. The van der Waals surface area contributed by atoms with E-state index >= 15 is 0 Å². The summed E-state index contributed by atoms with van der Waals surface area (Å²) in [5, 5.41) is 23.3. The van der Waals surface area contributed by atoms with E-state index in [-0.39, 0.29) is 64.8 Å². The number of hydrogen-bond acceptors (Lipinski definition) is 7. The van der Waals surface area contributed by atoms with Crippen LogP contribution in [-0.2, 0) is 19.2 Å². The van der Waals surface area contributed by atoms with Crippen LogP contribution in [0.5, 0.6) is 0 Å². The molecular weight excluding hydrogens is 458 g/mol. The zero-order valence-electron chi connectivity index (χ0n) is 20.8. The summed E-state index contributed by atoms with van der Waals surface area (Å²) >= 11 is 1.45. The van der Waals surface area contributed by atoms with Crippen molar-refractivity contribution in [3.8, 4) is 0 Å². The van der Waals surface area contributed by atoms with Crippen LogP contribution < -0.4 is 5.32 Å². The van der Waals surface area contributed by atoms with Crippen LogP contribution in [0, 0.1) is 23.7 Å². The van der Waals surface area contributed by atoms with Crippen molar-refractivity contribution in [1.29, 1.82) is 0 Å².